The van der Waals surface area contributed by atoms with Crippen LogP contribution in [0.5, 0.6) is 0 Å². The minimum Gasteiger partial charge on any atom is -0.338 e. The van der Waals surface area contributed by atoms with Gasteiger partial charge in [0.2, 0.25) is 0 Å². The molecule has 0 radical (unpaired) electrons. The Bertz CT molecular complexity index is 1410. The predicted octanol–water partition coefficient (Wildman–Crippen LogP) is 5.07. The summed E-state index contributed by atoms with van der Waals surface area (Å²) in [5.74, 6) is 2.19. The van der Waals surface area contributed by atoms with E-state index < -0.39 is 0 Å². The SMILES string of the molecule is CN(C)CCc1nc(-c2cccc3c2nc(Nc2ccccc2Cl)c2ccncc23)n[nH]1. The maximum atomic E-state index is 6.40. The third-order valence-corrected chi connectivity index (χ3v) is 5.65. The van der Waals surface area contributed by atoms with Gasteiger partial charge in [0.1, 0.15) is 11.6 Å². The fraction of sp³-hybridized carbons (Fsp3) is 0.167. The lowest BCUT2D eigenvalue weighted by Crippen LogP contribution is -2.15. The smallest absolute Gasteiger partial charge is 0.183 e. The maximum Gasteiger partial charge on any atom is 0.183 e. The highest BCUT2D eigenvalue weighted by molar-refractivity contribution is 6.33. The number of hydrogen-bond donors (Lipinski definition) is 2. The molecule has 0 aliphatic rings. The van der Waals surface area contributed by atoms with E-state index in [0.29, 0.717) is 16.7 Å². The first-order valence-corrected chi connectivity index (χ1v) is 10.7. The fourth-order valence-corrected chi connectivity index (χ4v) is 3.87. The van der Waals surface area contributed by atoms with Gasteiger partial charge in [0.05, 0.1) is 16.2 Å². The Morgan fingerprint density at radius 1 is 0.969 bits per heavy atom. The third kappa shape index (κ3) is 3.88. The number of aromatic nitrogens is 5. The minimum absolute atomic E-state index is 0.629. The standard InChI is InChI=1S/C24H22ClN7/c1-32(2)13-11-21-28-24(31-30-21)17-7-5-6-15-18-14-26-12-10-16(18)23(29-22(15)17)27-20-9-4-3-8-19(20)25/h3-10,12,14H,11,13H2,1-2H3,(H,27,29)(H,28,30,31). The Balaban J connectivity index is 1.66. The van der Waals surface area contributed by atoms with E-state index in [1.165, 1.54) is 0 Å². The summed E-state index contributed by atoms with van der Waals surface area (Å²) >= 11 is 6.40. The van der Waals surface area contributed by atoms with Crippen LogP contribution in [0.25, 0.3) is 33.1 Å². The van der Waals surface area contributed by atoms with E-state index in [9.17, 15) is 0 Å². The second-order valence-corrected chi connectivity index (χ2v) is 8.25. The average molecular weight is 444 g/mol. The number of nitrogens with one attached hydrogen (secondary N) is 2. The molecule has 5 aromatic rings. The first kappa shape index (κ1) is 20.4. The van der Waals surface area contributed by atoms with Crippen LogP contribution < -0.4 is 5.32 Å². The Morgan fingerprint density at radius 3 is 2.69 bits per heavy atom. The summed E-state index contributed by atoms with van der Waals surface area (Å²) in [6.07, 6.45) is 4.43. The number of pyridine rings is 2. The number of halogens is 1. The van der Waals surface area contributed by atoms with Gasteiger partial charge in [-0.15, -0.1) is 0 Å². The van der Waals surface area contributed by atoms with Crippen LogP contribution >= 0.6 is 11.6 Å². The molecule has 0 spiro atoms. The van der Waals surface area contributed by atoms with Gasteiger partial charge in [-0.2, -0.15) is 5.10 Å². The highest BCUT2D eigenvalue weighted by atomic mass is 35.5. The number of aromatic amines is 1. The van der Waals surface area contributed by atoms with Crippen molar-refractivity contribution >= 4 is 44.8 Å². The number of H-pyrrole nitrogens is 1. The zero-order valence-electron chi connectivity index (χ0n) is 17.8. The largest absolute Gasteiger partial charge is 0.338 e. The van der Waals surface area contributed by atoms with Gasteiger partial charge in [0.25, 0.3) is 0 Å². The first-order chi connectivity index (χ1) is 15.6. The summed E-state index contributed by atoms with van der Waals surface area (Å²) in [5, 5.41) is 14.5. The summed E-state index contributed by atoms with van der Waals surface area (Å²) < 4.78 is 0. The van der Waals surface area contributed by atoms with E-state index >= 15 is 0 Å². The van der Waals surface area contributed by atoms with Crippen molar-refractivity contribution in [3.05, 3.63) is 71.8 Å². The second kappa shape index (κ2) is 8.53. The molecule has 2 N–H and O–H groups in total. The molecule has 0 unspecified atom stereocenters. The molecule has 32 heavy (non-hydrogen) atoms. The van der Waals surface area contributed by atoms with Crippen LogP contribution in [0, 0.1) is 0 Å². The van der Waals surface area contributed by atoms with Crippen molar-refractivity contribution in [2.75, 3.05) is 26.0 Å². The number of fused-ring (bicyclic) bond motifs is 3. The van der Waals surface area contributed by atoms with Crippen LogP contribution in [-0.4, -0.2) is 50.7 Å². The first-order valence-electron chi connectivity index (χ1n) is 10.3. The molecule has 2 aromatic carbocycles. The quantitative estimate of drug-likeness (QED) is 0.356. The van der Waals surface area contributed by atoms with Crippen molar-refractivity contribution in [3.63, 3.8) is 0 Å². The van der Waals surface area contributed by atoms with Gasteiger partial charge < -0.3 is 10.2 Å². The molecule has 7 nitrogen and oxygen atoms in total. The van der Waals surface area contributed by atoms with E-state index in [1.54, 1.807) is 6.20 Å². The molecule has 8 heteroatoms. The van der Waals surface area contributed by atoms with Crippen LogP contribution in [-0.2, 0) is 6.42 Å². The molecule has 5 rings (SSSR count). The third-order valence-electron chi connectivity index (χ3n) is 5.32. The lowest BCUT2D eigenvalue weighted by atomic mass is 10.0. The molecule has 0 saturated heterocycles. The van der Waals surface area contributed by atoms with E-state index in [0.717, 1.165) is 51.7 Å². The average Bonchev–Trinajstić information content (AvgIpc) is 3.28. The zero-order valence-corrected chi connectivity index (χ0v) is 18.6. The molecule has 0 fully saturated rings. The lowest BCUT2D eigenvalue weighted by Gasteiger charge is -2.13. The molecular formula is C24H22ClN7. The van der Waals surface area contributed by atoms with Crippen LogP contribution in [0.1, 0.15) is 5.82 Å². The fourth-order valence-electron chi connectivity index (χ4n) is 3.69. The van der Waals surface area contributed by atoms with Crippen LogP contribution in [0.3, 0.4) is 0 Å². The van der Waals surface area contributed by atoms with Gasteiger partial charge in [-0.25, -0.2) is 9.97 Å². The molecule has 0 saturated carbocycles. The number of para-hydroxylation sites is 2. The normalized spacial score (nSPS) is 11.5. The van der Waals surface area contributed by atoms with Crippen molar-refractivity contribution in [1.82, 2.24) is 30.0 Å². The van der Waals surface area contributed by atoms with Crippen LogP contribution in [0.2, 0.25) is 5.02 Å². The monoisotopic (exact) mass is 443 g/mol. The molecule has 0 bridgehead atoms. The summed E-state index contributed by atoms with van der Waals surface area (Å²) in [6, 6.07) is 15.6. The van der Waals surface area contributed by atoms with Gasteiger partial charge in [0, 0.05) is 47.1 Å². The Kier molecular flexibility index (Phi) is 5.43. The molecule has 3 heterocycles. The van der Waals surface area contributed by atoms with Gasteiger partial charge in [-0.3, -0.25) is 10.1 Å². The summed E-state index contributed by atoms with van der Waals surface area (Å²) in [7, 11) is 4.08. The number of anilines is 2. The maximum absolute atomic E-state index is 6.40. The molecule has 0 aliphatic carbocycles. The van der Waals surface area contributed by atoms with E-state index in [1.807, 2.05) is 62.8 Å². The number of rotatable bonds is 6. The molecule has 0 aliphatic heterocycles. The van der Waals surface area contributed by atoms with E-state index in [4.69, 9.17) is 21.6 Å². The molecule has 0 amide bonds. The van der Waals surface area contributed by atoms with Gasteiger partial charge in [-0.05, 0) is 38.4 Å². The van der Waals surface area contributed by atoms with Crippen molar-refractivity contribution in [1.29, 1.82) is 0 Å². The Morgan fingerprint density at radius 2 is 1.84 bits per heavy atom. The summed E-state index contributed by atoms with van der Waals surface area (Å²) in [6.45, 7) is 0.893. The van der Waals surface area contributed by atoms with Gasteiger partial charge >= 0.3 is 0 Å². The molecule has 3 aromatic heterocycles. The number of hydrogen-bond acceptors (Lipinski definition) is 6. The number of benzene rings is 2. The highest BCUT2D eigenvalue weighted by Crippen LogP contribution is 2.35. The van der Waals surface area contributed by atoms with Crippen molar-refractivity contribution in [3.8, 4) is 11.4 Å². The Hall–Kier alpha value is -3.55. The zero-order chi connectivity index (χ0) is 22.1. The van der Waals surface area contributed by atoms with Crippen molar-refractivity contribution < 1.29 is 0 Å². The van der Waals surface area contributed by atoms with Crippen LogP contribution in [0.15, 0.2) is 60.9 Å². The van der Waals surface area contributed by atoms with Crippen LogP contribution in [0.4, 0.5) is 11.5 Å². The minimum atomic E-state index is 0.629. The van der Waals surface area contributed by atoms with E-state index in [-0.39, 0.29) is 0 Å². The topological polar surface area (TPSA) is 82.6 Å². The highest BCUT2D eigenvalue weighted by Gasteiger charge is 2.16. The molecular weight excluding hydrogens is 422 g/mol. The van der Waals surface area contributed by atoms with Crippen molar-refractivity contribution in [2.45, 2.75) is 6.42 Å². The lowest BCUT2D eigenvalue weighted by molar-refractivity contribution is 0.410. The van der Waals surface area contributed by atoms with Gasteiger partial charge in [0.15, 0.2) is 5.82 Å². The van der Waals surface area contributed by atoms with E-state index in [2.05, 4.69) is 31.5 Å². The van der Waals surface area contributed by atoms with Gasteiger partial charge in [-0.1, -0.05) is 35.9 Å². The second-order valence-electron chi connectivity index (χ2n) is 7.85. The van der Waals surface area contributed by atoms with Crippen molar-refractivity contribution in [2.24, 2.45) is 0 Å². The summed E-state index contributed by atoms with van der Waals surface area (Å²) in [4.78, 5) is 16.2. The number of nitrogens with zero attached hydrogens (tertiary/aromatic N) is 5. The summed E-state index contributed by atoms with van der Waals surface area (Å²) in [5.41, 5.74) is 2.46. The number of likely N-dealkylation sites (N-methyl/N-ethyl adjacent to an activating group) is 1. The molecule has 0 atom stereocenters. The molecule has 160 valence electrons. The predicted molar refractivity (Wildman–Crippen MR) is 129 cm³/mol. The Labute approximate surface area is 190 Å².